The predicted octanol–water partition coefficient (Wildman–Crippen LogP) is 3.64. The van der Waals surface area contributed by atoms with E-state index in [9.17, 15) is 4.79 Å². The fourth-order valence-electron chi connectivity index (χ4n) is 2.84. The molecule has 6 nitrogen and oxygen atoms in total. The summed E-state index contributed by atoms with van der Waals surface area (Å²) in [5.74, 6) is 1.70. The zero-order valence-electron chi connectivity index (χ0n) is 15.2. The van der Waals surface area contributed by atoms with Crippen LogP contribution in [-0.2, 0) is 20.9 Å². The van der Waals surface area contributed by atoms with E-state index < -0.39 is 6.29 Å². The van der Waals surface area contributed by atoms with Crippen molar-refractivity contribution in [3.05, 3.63) is 53.6 Å². The van der Waals surface area contributed by atoms with E-state index in [4.69, 9.17) is 23.7 Å². The number of hydrogen-bond donors (Lipinski definition) is 0. The molecule has 4 rings (SSSR count). The first-order valence-corrected chi connectivity index (χ1v) is 9.07. The predicted molar refractivity (Wildman–Crippen MR) is 96.8 cm³/mol. The Morgan fingerprint density at radius 1 is 1.04 bits per heavy atom. The average molecular weight is 370 g/mol. The maximum absolute atomic E-state index is 11.9. The topological polar surface area (TPSA) is 63.2 Å². The van der Waals surface area contributed by atoms with E-state index >= 15 is 0 Å². The van der Waals surface area contributed by atoms with Gasteiger partial charge in [0.05, 0.1) is 31.8 Å². The Morgan fingerprint density at radius 3 is 2.41 bits per heavy atom. The number of carbonyl (C=O) groups is 1. The summed E-state index contributed by atoms with van der Waals surface area (Å²) >= 11 is 0. The van der Waals surface area contributed by atoms with E-state index in [0.29, 0.717) is 31.3 Å². The number of hydrogen-bond acceptors (Lipinski definition) is 6. The van der Waals surface area contributed by atoms with Gasteiger partial charge < -0.3 is 23.7 Å². The minimum Gasteiger partial charge on any atom is -0.497 e. The molecule has 2 fully saturated rings. The molecule has 1 aliphatic carbocycles. The normalized spacial score (nSPS) is 16.9. The molecule has 2 aromatic carbocycles. The number of carbonyl (C=O) groups excluding carboxylic acids is 1. The molecule has 0 unspecified atom stereocenters. The fraction of sp³-hybridized carbons (Fsp3) is 0.381. The highest BCUT2D eigenvalue weighted by Crippen LogP contribution is 2.36. The summed E-state index contributed by atoms with van der Waals surface area (Å²) in [6.45, 7) is 1.45. The maximum Gasteiger partial charge on any atom is 0.314 e. The SMILES string of the molecule is COc1ccc(COc2cc(OC(=O)C3CC3)ccc2C2OCCO2)cc1. The lowest BCUT2D eigenvalue weighted by Crippen LogP contribution is -2.10. The van der Waals surface area contributed by atoms with Crippen molar-refractivity contribution in [2.75, 3.05) is 20.3 Å². The Labute approximate surface area is 157 Å². The van der Waals surface area contributed by atoms with Gasteiger partial charge in [0.2, 0.25) is 0 Å². The molecule has 6 heteroatoms. The molecule has 1 saturated heterocycles. The van der Waals surface area contributed by atoms with E-state index in [1.54, 1.807) is 19.2 Å². The molecule has 142 valence electrons. The minimum absolute atomic E-state index is 0.0369. The zero-order valence-corrected chi connectivity index (χ0v) is 15.2. The number of esters is 1. The van der Waals surface area contributed by atoms with Gasteiger partial charge in [0, 0.05) is 6.07 Å². The second-order valence-corrected chi connectivity index (χ2v) is 6.61. The minimum atomic E-state index is -0.468. The van der Waals surface area contributed by atoms with Crippen molar-refractivity contribution in [3.63, 3.8) is 0 Å². The van der Waals surface area contributed by atoms with Gasteiger partial charge in [-0.25, -0.2) is 0 Å². The van der Waals surface area contributed by atoms with Gasteiger partial charge >= 0.3 is 5.97 Å². The monoisotopic (exact) mass is 370 g/mol. The van der Waals surface area contributed by atoms with Crippen molar-refractivity contribution in [1.29, 1.82) is 0 Å². The van der Waals surface area contributed by atoms with E-state index in [2.05, 4.69) is 0 Å². The van der Waals surface area contributed by atoms with Crippen LogP contribution in [0.3, 0.4) is 0 Å². The standard InChI is InChI=1S/C21H22O6/c1-23-16-6-2-14(3-7-16)13-26-19-12-17(27-20(22)15-4-5-15)8-9-18(19)21-24-10-11-25-21/h2-3,6-9,12,15,21H,4-5,10-11,13H2,1H3. The van der Waals surface area contributed by atoms with Gasteiger partial charge in [0.25, 0.3) is 0 Å². The first-order valence-electron chi connectivity index (χ1n) is 9.07. The van der Waals surface area contributed by atoms with E-state index in [0.717, 1.165) is 29.7 Å². The molecular weight excluding hydrogens is 348 g/mol. The molecule has 1 saturated carbocycles. The third-order valence-corrected chi connectivity index (χ3v) is 4.54. The highest BCUT2D eigenvalue weighted by atomic mass is 16.7. The van der Waals surface area contributed by atoms with Crippen molar-refractivity contribution in [2.24, 2.45) is 5.92 Å². The van der Waals surface area contributed by atoms with Gasteiger partial charge in [-0.2, -0.15) is 0 Å². The van der Waals surface area contributed by atoms with Crippen LogP contribution < -0.4 is 14.2 Å². The van der Waals surface area contributed by atoms with Crippen LogP contribution in [-0.4, -0.2) is 26.3 Å². The van der Waals surface area contributed by atoms with Crippen molar-refractivity contribution in [3.8, 4) is 17.2 Å². The Balaban J connectivity index is 1.51. The summed E-state index contributed by atoms with van der Waals surface area (Å²) in [6.07, 6.45) is 1.34. The van der Waals surface area contributed by atoms with E-state index in [-0.39, 0.29) is 11.9 Å². The third-order valence-electron chi connectivity index (χ3n) is 4.54. The molecular formula is C21H22O6. The summed E-state index contributed by atoms with van der Waals surface area (Å²) in [5.41, 5.74) is 1.78. The Morgan fingerprint density at radius 2 is 1.74 bits per heavy atom. The molecule has 1 aliphatic heterocycles. The zero-order chi connectivity index (χ0) is 18.6. The highest BCUT2D eigenvalue weighted by molar-refractivity contribution is 5.77. The Kier molecular flexibility index (Phi) is 5.27. The molecule has 2 aliphatic rings. The van der Waals surface area contributed by atoms with Gasteiger partial charge in [-0.05, 0) is 42.7 Å². The molecule has 0 N–H and O–H groups in total. The van der Waals surface area contributed by atoms with Crippen molar-refractivity contribution < 1.29 is 28.5 Å². The molecule has 0 radical (unpaired) electrons. The van der Waals surface area contributed by atoms with Crippen LogP contribution in [0.5, 0.6) is 17.2 Å². The number of rotatable bonds is 7. The summed E-state index contributed by atoms with van der Waals surface area (Å²) < 4.78 is 27.9. The number of benzene rings is 2. The van der Waals surface area contributed by atoms with Gasteiger partial charge in [-0.1, -0.05) is 12.1 Å². The third kappa shape index (κ3) is 4.40. The van der Waals surface area contributed by atoms with Crippen LogP contribution in [0.2, 0.25) is 0 Å². The number of methoxy groups -OCH3 is 1. The highest BCUT2D eigenvalue weighted by Gasteiger charge is 2.32. The number of ether oxygens (including phenoxy) is 5. The maximum atomic E-state index is 11.9. The summed E-state index contributed by atoms with van der Waals surface area (Å²) in [6, 6.07) is 13.0. The Hall–Kier alpha value is -2.57. The van der Waals surface area contributed by atoms with Gasteiger partial charge in [0.15, 0.2) is 6.29 Å². The molecule has 2 aromatic rings. The van der Waals surface area contributed by atoms with Crippen LogP contribution in [0.1, 0.15) is 30.3 Å². The molecule has 0 bridgehead atoms. The quantitative estimate of drug-likeness (QED) is 0.548. The Bertz CT molecular complexity index is 791. The molecule has 0 aromatic heterocycles. The van der Waals surface area contributed by atoms with Crippen molar-refractivity contribution in [1.82, 2.24) is 0 Å². The van der Waals surface area contributed by atoms with Crippen LogP contribution in [0.4, 0.5) is 0 Å². The van der Waals surface area contributed by atoms with E-state index in [1.807, 2.05) is 30.3 Å². The molecule has 27 heavy (non-hydrogen) atoms. The molecule has 1 heterocycles. The van der Waals surface area contributed by atoms with Crippen LogP contribution >= 0.6 is 0 Å². The summed E-state index contributed by atoms with van der Waals surface area (Å²) in [5, 5.41) is 0. The largest absolute Gasteiger partial charge is 0.497 e. The summed E-state index contributed by atoms with van der Waals surface area (Å²) in [4.78, 5) is 11.9. The molecule has 0 amide bonds. The first-order chi connectivity index (χ1) is 13.2. The van der Waals surface area contributed by atoms with Crippen LogP contribution in [0.15, 0.2) is 42.5 Å². The summed E-state index contributed by atoms with van der Waals surface area (Å²) in [7, 11) is 1.63. The molecule has 0 atom stereocenters. The smallest absolute Gasteiger partial charge is 0.314 e. The van der Waals surface area contributed by atoms with Crippen LogP contribution in [0, 0.1) is 5.92 Å². The van der Waals surface area contributed by atoms with Crippen molar-refractivity contribution in [2.45, 2.75) is 25.7 Å². The van der Waals surface area contributed by atoms with E-state index in [1.165, 1.54) is 0 Å². The van der Waals surface area contributed by atoms with Crippen LogP contribution in [0.25, 0.3) is 0 Å². The fourth-order valence-corrected chi connectivity index (χ4v) is 2.84. The lowest BCUT2D eigenvalue weighted by Gasteiger charge is -2.17. The van der Waals surface area contributed by atoms with Gasteiger partial charge in [0.1, 0.15) is 23.9 Å². The second kappa shape index (κ2) is 7.98. The molecule has 0 spiro atoms. The van der Waals surface area contributed by atoms with Gasteiger partial charge in [-0.15, -0.1) is 0 Å². The van der Waals surface area contributed by atoms with Gasteiger partial charge in [-0.3, -0.25) is 4.79 Å². The first kappa shape index (κ1) is 17.8. The average Bonchev–Trinajstić information content (AvgIpc) is 3.42. The lowest BCUT2D eigenvalue weighted by molar-refractivity contribution is -0.135. The van der Waals surface area contributed by atoms with Crippen molar-refractivity contribution >= 4 is 5.97 Å². The lowest BCUT2D eigenvalue weighted by atomic mass is 10.1. The second-order valence-electron chi connectivity index (χ2n) is 6.61.